The van der Waals surface area contributed by atoms with Crippen molar-refractivity contribution < 1.29 is 19.5 Å². The van der Waals surface area contributed by atoms with E-state index in [0.717, 1.165) is 0 Å². The molecule has 0 bridgehead atoms. The number of phenols is 1. The molecule has 18 heavy (non-hydrogen) atoms. The van der Waals surface area contributed by atoms with Crippen LogP contribution in [0.2, 0.25) is 0 Å². The second kappa shape index (κ2) is 4.37. The van der Waals surface area contributed by atoms with Crippen molar-refractivity contribution in [2.24, 2.45) is 5.73 Å². The average Bonchev–Trinajstić information content (AvgIpc) is 2.28. The Morgan fingerprint density at radius 2 is 1.94 bits per heavy atom. The summed E-state index contributed by atoms with van der Waals surface area (Å²) in [5, 5.41) is 8.03. The van der Waals surface area contributed by atoms with Gasteiger partial charge in [-0.1, -0.05) is 36.4 Å². The summed E-state index contributed by atoms with van der Waals surface area (Å²) < 4.78 is 11.4. The van der Waals surface area contributed by atoms with Gasteiger partial charge in [0, 0.05) is 12.0 Å². The summed E-state index contributed by atoms with van der Waals surface area (Å²) in [5.41, 5.74) is 6.87. The average molecular weight is 267 g/mol. The number of aromatic hydroxyl groups is 1. The quantitative estimate of drug-likeness (QED) is 0.609. The summed E-state index contributed by atoms with van der Waals surface area (Å²) in [6, 6.07) is 6.62. The van der Waals surface area contributed by atoms with Crippen LogP contribution in [0.25, 0.3) is 5.57 Å². The van der Waals surface area contributed by atoms with E-state index in [2.05, 4.69) is 0 Å². The smallest absolute Gasteiger partial charge is 0.349 e. The maximum absolute atomic E-state index is 11.4. The number of para-hydroxylation sites is 1. The SMILES string of the molecule is NC1(P(=O)(O)O)C=CC=C(c2ccccc2O)C1. The number of hydrogen-bond acceptors (Lipinski definition) is 3. The first-order valence-electron chi connectivity index (χ1n) is 5.35. The number of phenolic OH excluding ortho intramolecular Hbond substituents is 1. The molecule has 1 aliphatic rings. The molecule has 0 heterocycles. The maximum atomic E-state index is 11.4. The van der Waals surface area contributed by atoms with Crippen molar-refractivity contribution in [1.29, 1.82) is 0 Å². The van der Waals surface area contributed by atoms with Gasteiger partial charge in [0.1, 0.15) is 11.0 Å². The minimum Gasteiger partial charge on any atom is -0.507 e. The molecular formula is C12H14NO4P. The third-order valence-electron chi connectivity index (χ3n) is 2.95. The summed E-state index contributed by atoms with van der Waals surface area (Å²) in [5.74, 6) is 0.0621. The molecule has 1 unspecified atom stereocenters. The van der Waals surface area contributed by atoms with Crippen LogP contribution < -0.4 is 5.73 Å². The lowest BCUT2D eigenvalue weighted by Crippen LogP contribution is -2.38. The van der Waals surface area contributed by atoms with E-state index < -0.39 is 12.9 Å². The van der Waals surface area contributed by atoms with E-state index in [1.807, 2.05) is 0 Å². The summed E-state index contributed by atoms with van der Waals surface area (Å²) in [6.45, 7) is 0. The van der Waals surface area contributed by atoms with Gasteiger partial charge in [0.15, 0.2) is 0 Å². The summed E-state index contributed by atoms with van der Waals surface area (Å²) >= 11 is 0. The molecule has 96 valence electrons. The lowest BCUT2D eigenvalue weighted by atomic mass is 9.94. The van der Waals surface area contributed by atoms with E-state index in [-0.39, 0.29) is 12.2 Å². The first-order chi connectivity index (χ1) is 8.33. The lowest BCUT2D eigenvalue weighted by molar-refractivity contribution is 0.342. The maximum Gasteiger partial charge on any atom is 0.349 e. The molecule has 0 amide bonds. The fourth-order valence-electron chi connectivity index (χ4n) is 1.88. The van der Waals surface area contributed by atoms with Crippen LogP contribution in [0, 0.1) is 0 Å². The molecule has 5 nitrogen and oxygen atoms in total. The number of allylic oxidation sites excluding steroid dienone is 2. The van der Waals surface area contributed by atoms with Crippen molar-refractivity contribution in [2.75, 3.05) is 0 Å². The minimum atomic E-state index is -4.46. The molecule has 0 spiro atoms. The molecule has 0 aromatic heterocycles. The lowest BCUT2D eigenvalue weighted by Gasteiger charge is -2.30. The van der Waals surface area contributed by atoms with Crippen LogP contribution in [0.5, 0.6) is 5.75 Å². The van der Waals surface area contributed by atoms with Gasteiger partial charge in [-0.25, -0.2) is 0 Å². The highest BCUT2D eigenvalue weighted by atomic mass is 31.2. The minimum absolute atomic E-state index is 0.0225. The normalized spacial score (nSPS) is 23.8. The van der Waals surface area contributed by atoms with E-state index in [1.165, 1.54) is 18.2 Å². The Morgan fingerprint density at radius 1 is 1.28 bits per heavy atom. The van der Waals surface area contributed by atoms with Gasteiger partial charge in [0.25, 0.3) is 0 Å². The predicted molar refractivity (Wildman–Crippen MR) is 68.8 cm³/mol. The largest absolute Gasteiger partial charge is 0.507 e. The molecule has 1 aromatic carbocycles. The molecule has 0 radical (unpaired) electrons. The Bertz CT molecular complexity index is 575. The second-order valence-electron chi connectivity index (χ2n) is 4.28. The van der Waals surface area contributed by atoms with Crippen LogP contribution in [0.3, 0.4) is 0 Å². The molecule has 0 fully saturated rings. The Morgan fingerprint density at radius 3 is 2.56 bits per heavy atom. The predicted octanol–water partition coefficient (Wildman–Crippen LogP) is 1.57. The highest BCUT2D eigenvalue weighted by molar-refractivity contribution is 7.53. The zero-order valence-electron chi connectivity index (χ0n) is 9.52. The molecule has 5 N–H and O–H groups in total. The van der Waals surface area contributed by atoms with Crippen LogP contribution in [0.1, 0.15) is 12.0 Å². The van der Waals surface area contributed by atoms with Crippen LogP contribution in [-0.2, 0) is 4.57 Å². The van der Waals surface area contributed by atoms with Gasteiger partial charge in [-0.05, 0) is 11.6 Å². The Labute approximate surface area is 104 Å². The topological polar surface area (TPSA) is 104 Å². The molecule has 6 heteroatoms. The molecular weight excluding hydrogens is 253 g/mol. The Hall–Kier alpha value is -1.39. The van der Waals surface area contributed by atoms with Gasteiger partial charge in [-0.15, -0.1) is 0 Å². The van der Waals surface area contributed by atoms with Crippen LogP contribution >= 0.6 is 7.60 Å². The Balaban J connectivity index is 2.40. The summed E-state index contributed by atoms with van der Waals surface area (Å²) in [7, 11) is -4.46. The van der Waals surface area contributed by atoms with Gasteiger partial charge >= 0.3 is 7.60 Å². The monoisotopic (exact) mass is 267 g/mol. The molecule has 1 aliphatic carbocycles. The highest BCUT2D eigenvalue weighted by Crippen LogP contribution is 2.53. The van der Waals surface area contributed by atoms with Crippen LogP contribution in [-0.4, -0.2) is 20.2 Å². The number of benzene rings is 1. The zero-order chi connectivity index (χ0) is 13.4. The zero-order valence-corrected chi connectivity index (χ0v) is 10.4. The van der Waals surface area contributed by atoms with Gasteiger partial charge in [0.05, 0.1) is 0 Å². The molecule has 0 saturated heterocycles. The molecule has 2 rings (SSSR count). The summed E-state index contributed by atoms with van der Waals surface area (Å²) in [4.78, 5) is 18.6. The van der Waals surface area contributed by atoms with E-state index in [4.69, 9.17) is 5.73 Å². The van der Waals surface area contributed by atoms with Crippen molar-refractivity contribution in [3.63, 3.8) is 0 Å². The van der Waals surface area contributed by atoms with Crippen molar-refractivity contribution in [2.45, 2.75) is 11.7 Å². The fraction of sp³-hybridized carbons (Fsp3) is 0.167. The first-order valence-corrected chi connectivity index (χ1v) is 6.96. The van der Waals surface area contributed by atoms with Crippen molar-refractivity contribution in [3.05, 3.63) is 48.1 Å². The third kappa shape index (κ3) is 2.26. The molecule has 0 aliphatic heterocycles. The van der Waals surface area contributed by atoms with Crippen molar-refractivity contribution in [1.82, 2.24) is 0 Å². The number of rotatable bonds is 2. The first kappa shape index (κ1) is 13.1. The van der Waals surface area contributed by atoms with Crippen molar-refractivity contribution in [3.8, 4) is 5.75 Å². The molecule has 0 saturated carbocycles. The standard InChI is InChI=1S/C12H14NO4P/c13-12(18(15,16)17)7-3-4-9(8-12)10-5-1-2-6-11(10)14/h1-7,14H,8,13H2,(H2,15,16,17). The second-order valence-corrected chi connectivity index (χ2v) is 6.20. The van der Waals surface area contributed by atoms with Crippen LogP contribution in [0.4, 0.5) is 0 Å². The molecule has 1 atom stereocenters. The number of nitrogens with two attached hydrogens (primary N) is 1. The van der Waals surface area contributed by atoms with Crippen molar-refractivity contribution >= 4 is 13.2 Å². The highest BCUT2D eigenvalue weighted by Gasteiger charge is 2.42. The van der Waals surface area contributed by atoms with Gasteiger partial charge in [0.2, 0.25) is 0 Å². The van der Waals surface area contributed by atoms with E-state index in [9.17, 15) is 19.5 Å². The van der Waals surface area contributed by atoms with E-state index >= 15 is 0 Å². The summed E-state index contributed by atoms with van der Waals surface area (Å²) in [6.07, 6.45) is 4.48. The third-order valence-corrected chi connectivity index (χ3v) is 4.34. The Kier molecular flexibility index (Phi) is 3.17. The van der Waals surface area contributed by atoms with Crippen LogP contribution in [0.15, 0.2) is 42.5 Å². The fourth-order valence-corrected chi connectivity index (χ4v) is 2.54. The number of hydrogen-bond donors (Lipinski definition) is 4. The van der Waals surface area contributed by atoms with E-state index in [0.29, 0.717) is 11.1 Å². The van der Waals surface area contributed by atoms with Gasteiger partial charge in [-0.2, -0.15) is 0 Å². The van der Waals surface area contributed by atoms with E-state index in [1.54, 1.807) is 24.3 Å². The van der Waals surface area contributed by atoms with Gasteiger partial charge in [-0.3, -0.25) is 4.57 Å². The van der Waals surface area contributed by atoms with Gasteiger partial charge < -0.3 is 20.6 Å². The molecule has 1 aromatic rings.